The minimum Gasteiger partial charge on any atom is -0.496 e. The molecule has 1 aromatic carbocycles. The molecule has 0 atom stereocenters. The molecule has 0 spiro atoms. The molecule has 0 saturated heterocycles. The number of rotatable bonds is 4. The molecule has 2 N–H and O–H groups in total. The van der Waals surface area contributed by atoms with Gasteiger partial charge in [-0.3, -0.25) is 4.68 Å². The van der Waals surface area contributed by atoms with Crippen molar-refractivity contribution in [3.05, 3.63) is 36.2 Å². The molecule has 0 bridgehead atoms. The maximum absolute atomic E-state index is 5.71. The summed E-state index contributed by atoms with van der Waals surface area (Å²) < 4.78 is 7.10. The molecule has 90 valence electrons. The number of nitrogen functional groups attached to an aromatic ring is 1. The van der Waals surface area contributed by atoms with Gasteiger partial charge in [0.15, 0.2) is 0 Å². The van der Waals surface area contributed by atoms with Gasteiger partial charge >= 0.3 is 0 Å². The van der Waals surface area contributed by atoms with Crippen molar-refractivity contribution in [1.29, 1.82) is 0 Å². The highest BCUT2D eigenvalue weighted by Gasteiger charge is 2.05. The molecule has 0 unspecified atom stereocenters. The number of nitrogens with zero attached hydrogens (tertiary/aromatic N) is 2. The number of thioether (sulfide) groups is 1. The predicted molar refractivity (Wildman–Crippen MR) is 70.2 cm³/mol. The lowest BCUT2D eigenvalue weighted by molar-refractivity contribution is 0.405. The number of methoxy groups -OCH3 is 1. The first-order chi connectivity index (χ1) is 8.19. The molecule has 0 aliphatic carbocycles. The first-order valence-electron chi connectivity index (χ1n) is 5.23. The smallest absolute Gasteiger partial charge is 0.134 e. The van der Waals surface area contributed by atoms with E-state index in [9.17, 15) is 0 Å². The molecule has 5 heteroatoms. The number of anilines is 1. The van der Waals surface area contributed by atoms with Crippen LogP contribution >= 0.6 is 11.8 Å². The van der Waals surface area contributed by atoms with E-state index in [1.54, 1.807) is 23.6 Å². The lowest BCUT2D eigenvalue weighted by atomic mass is 10.3. The lowest BCUT2D eigenvalue weighted by Gasteiger charge is -2.08. The molecule has 0 aliphatic heterocycles. The van der Waals surface area contributed by atoms with Crippen LogP contribution in [0.2, 0.25) is 0 Å². The molecular weight excluding hydrogens is 234 g/mol. The highest BCUT2D eigenvalue weighted by Crippen LogP contribution is 2.32. The Labute approximate surface area is 105 Å². The molecule has 0 aliphatic rings. The summed E-state index contributed by atoms with van der Waals surface area (Å²) in [6.45, 7) is 0. The van der Waals surface area contributed by atoms with Gasteiger partial charge in [-0.15, -0.1) is 11.8 Å². The van der Waals surface area contributed by atoms with Crippen molar-refractivity contribution in [1.82, 2.24) is 9.78 Å². The fourth-order valence-corrected chi connectivity index (χ4v) is 2.43. The Bertz CT molecular complexity index is 510. The summed E-state index contributed by atoms with van der Waals surface area (Å²) in [5, 5.41) is 4.14. The average Bonchev–Trinajstić information content (AvgIpc) is 2.73. The van der Waals surface area contributed by atoms with Crippen LogP contribution in [0, 0.1) is 0 Å². The molecular formula is C12H15N3OS. The van der Waals surface area contributed by atoms with Crippen molar-refractivity contribution in [3.8, 4) is 5.75 Å². The van der Waals surface area contributed by atoms with Crippen molar-refractivity contribution in [2.75, 3.05) is 12.8 Å². The van der Waals surface area contributed by atoms with E-state index in [4.69, 9.17) is 10.5 Å². The minimum absolute atomic E-state index is 0.715. The van der Waals surface area contributed by atoms with Crippen LogP contribution in [-0.2, 0) is 12.8 Å². The molecule has 4 nitrogen and oxygen atoms in total. The highest BCUT2D eigenvalue weighted by atomic mass is 32.2. The summed E-state index contributed by atoms with van der Waals surface area (Å²) in [7, 11) is 3.57. The molecule has 0 radical (unpaired) electrons. The second-order valence-corrected chi connectivity index (χ2v) is 4.74. The second-order valence-electron chi connectivity index (χ2n) is 3.72. The molecule has 0 fully saturated rings. The summed E-state index contributed by atoms with van der Waals surface area (Å²) in [6.07, 6.45) is 3.88. The third-order valence-electron chi connectivity index (χ3n) is 2.34. The fourth-order valence-electron chi connectivity index (χ4n) is 1.51. The van der Waals surface area contributed by atoms with Gasteiger partial charge < -0.3 is 10.5 Å². The summed E-state index contributed by atoms with van der Waals surface area (Å²) in [5.41, 5.74) is 7.62. The molecule has 1 aromatic heterocycles. The summed E-state index contributed by atoms with van der Waals surface area (Å²) >= 11 is 1.71. The van der Waals surface area contributed by atoms with Gasteiger partial charge in [-0.05, 0) is 12.1 Å². The van der Waals surface area contributed by atoms with E-state index < -0.39 is 0 Å². The van der Waals surface area contributed by atoms with E-state index in [1.807, 2.05) is 37.6 Å². The topological polar surface area (TPSA) is 53.1 Å². The van der Waals surface area contributed by atoms with Crippen LogP contribution < -0.4 is 10.5 Å². The standard InChI is InChI=1S/C12H15N3OS/c1-15-7-9(6-14-15)8-17-12-4-3-10(13)5-11(12)16-2/h3-7H,8,13H2,1-2H3. The van der Waals surface area contributed by atoms with Crippen molar-refractivity contribution in [2.45, 2.75) is 10.6 Å². The van der Waals surface area contributed by atoms with Crippen molar-refractivity contribution >= 4 is 17.4 Å². The second kappa shape index (κ2) is 5.14. The molecule has 0 amide bonds. The van der Waals surface area contributed by atoms with Gasteiger partial charge in [0.05, 0.1) is 13.3 Å². The van der Waals surface area contributed by atoms with E-state index >= 15 is 0 Å². The molecule has 17 heavy (non-hydrogen) atoms. The zero-order chi connectivity index (χ0) is 12.3. The van der Waals surface area contributed by atoms with Crippen LogP contribution in [0.3, 0.4) is 0 Å². The lowest BCUT2D eigenvalue weighted by Crippen LogP contribution is -1.90. The monoisotopic (exact) mass is 249 g/mol. The third kappa shape index (κ3) is 2.94. The van der Waals surface area contributed by atoms with E-state index in [0.29, 0.717) is 5.69 Å². The molecule has 0 saturated carbocycles. The normalized spacial score (nSPS) is 10.5. The van der Waals surface area contributed by atoms with Crippen molar-refractivity contribution < 1.29 is 4.74 Å². The van der Waals surface area contributed by atoms with Gasteiger partial charge in [-0.2, -0.15) is 5.10 Å². The number of hydrogen-bond acceptors (Lipinski definition) is 4. The zero-order valence-corrected chi connectivity index (χ0v) is 10.7. The Hall–Kier alpha value is -1.62. The van der Waals surface area contributed by atoms with Gasteiger partial charge in [-0.25, -0.2) is 0 Å². The van der Waals surface area contributed by atoms with Crippen molar-refractivity contribution in [3.63, 3.8) is 0 Å². The maximum atomic E-state index is 5.71. The van der Waals surface area contributed by atoms with E-state index in [-0.39, 0.29) is 0 Å². The Morgan fingerprint density at radius 2 is 2.29 bits per heavy atom. The predicted octanol–water partition coefficient (Wildman–Crippen LogP) is 2.30. The minimum atomic E-state index is 0.715. The number of ether oxygens (including phenoxy) is 1. The van der Waals surface area contributed by atoms with Gasteiger partial charge in [0, 0.05) is 41.2 Å². The number of nitrogens with two attached hydrogens (primary N) is 1. The van der Waals surface area contributed by atoms with Crippen LogP contribution in [0.4, 0.5) is 5.69 Å². The van der Waals surface area contributed by atoms with Gasteiger partial charge in [0.1, 0.15) is 5.75 Å². The number of aromatic nitrogens is 2. The Morgan fingerprint density at radius 3 is 2.94 bits per heavy atom. The van der Waals surface area contributed by atoms with Gasteiger partial charge in [-0.1, -0.05) is 0 Å². The van der Waals surface area contributed by atoms with E-state index in [0.717, 1.165) is 16.4 Å². The van der Waals surface area contributed by atoms with Crippen LogP contribution in [0.1, 0.15) is 5.56 Å². The summed E-state index contributed by atoms with van der Waals surface area (Å²) in [4.78, 5) is 1.09. The number of aryl methyl sites for hydroxylation is 1. The zero-order valence-electron chi connectivity index (χ0n) is 9.88. The SMILES string of the molecule is COc1cc(N)ccc1SCc1cnn(C)c1. The molecule has 2 aromatic rings. The Kier molecular flexibility index (Phi) is 3.58. The van der Waals surface area contributed by atoms with E-state index in [1.165, 1.54) is 5.56 Å². The summed E-state index contributed by atoms with van der Waals surface area (Å²) in [5.74, 6) is 1.69. The average molecular weight is 249 g/mol. The van der Waals surface area contributed by atoms with Crippen LogP contribution in [0.15, 0.2) is 35.5 Å². The van der Waals surface area contributed by atoms with Crippen molar-refractivity contribution in [2.24, 2.45) is 7.05 Å². The fraction of sp³-hybridized carbons (Fsp3) is 0.250. The van der Waals surface area contributed by atoms with Crippen LogP contribution in [0.25, 0.3) is 0 Å². The largest absolute Gasteiger partial charge is 0.496 e. The Balaban J connectivity index is 2.08. The van der Waals surface area contributed by atoms with E-state index in [2.05, 4.69) is 5.10 Å². The molecule has 1 heterocycles. The highest BCUT2D eigenvalue weighted by molar-refractivity contribution is 7.98. The first-order valence-corrected chi connectivity index (χ1v) is 6.21. The first kappa shape index (κ1) is 11.9. The van der Waals surface area contributed by atoms with Gasteiger partial charge in [0.2, 0.25) is 0 Å². The maximum Gasteiger partial charge on any atom is 0.134 e. The summed E-state index contributed by atoms with van der Waals surface area (Å²) in [6, 6.07) is 5.70. The number of benzene rings is 1. The quantitative estimate of drug-likeness (QED) is 0.667. The third-order valence-corrected chi connectivity index (χ3v) is 3.47. The van der Waals surface area contributed by atoms with Crippen LogP contribution in [0.5, 0.6) is 5.75 Å². The number of hydrogen-bond donors (Lipinski definition) is 1. The van der Waals surface area contributed by atoms with Crippen LogP contribution in [-0.4, -0.2) is 16.9 Å². The van der Waals surface area contributed by atoms with Gasteiger partial charge in [0.25, 0.3) is 0 Å². The Morgan fingerprint density at radius 1 is 1.47 bits per heavy atom. The molecule has 2 rings (SSSR count).